The summed E-state index contributed by atoms with van der Waals surface area (Å²) in [4.78, 5) is 27.6. The number of hydrogen-bond acceptors (Lipinski definition) is 4. The molecular weight excluding hydrogens is 416 g/mol. The maximum atomic E-state index is 13.3. The van der Waals surface area contributed by atoms with Crippen LogP contribution in [0.15, 0.2) is 78.9 Å². The van der Waals surface area contributed by atoms with Crippen molar-refractivity contribution in [2.24, 2.45) is 0 Å². The topological polar surface area (TPSA) is 67.9 Å². The second kappa shape index (κ2) is 11.7. The zero-order valence-corrected chi connectivity index (χ0v) is 19.3. The standard InChI is InChI=1S/C27H30N2O4/c1-20(30)29(19-22-11-15-25(33-3)16-12-22)26(23-7-5-4-6-8-23)27(31)28-18-17-21-9-13-24(32-2)14-10-21/h4-16,26H,17-19H2,1-3H3,(H,28,31). The molecule has 0 fully saturated rings. The van der Waals surface area contributed by atoms with E-state index in [9.17, 15) is 9.59 Å². The molecule has 6 heteroatoms. The summed E-state index contributed by atoms with van der Waals surface area (Å²) in [6, 6.07) is 23.9. The van der Waals surface area contributed by atoms with Crippen LogP contribution in [-0.2, 0) is 22.6 Å². The minimum absolute atomic E-state index is 0.176. The molecule has 0 aliphatic rings. The number of ether oxygens (including phenoxy) is 2. The predicted molar refractivity (Wildman–Crippen MR) is 128 cm³/mol. The first-order chi connectivity index (χ1) is 16.0. The van der Waals surface area contributed by atoms with Crippen LogP contribution in [0.25, 0.3) is 0 Å². The molecule has 3 aromatic rings. The normalized spacial score (nSPS) is 11.4. The highest BCUT2D eigenvalue weighted by atomic mass is 16.5. The molecule has 6 nitrogen and oxygen atoms in total. The molecule has 0 saturated carbocycles. The van der Waals surface area contributed by atoms with Crippen LogP contribution < -0.4 is 14.8 Å². The first-order valence-corrected chi connectivity index (χ1v) is 10.9. The zero-order valence-electron chi connectivity index (χ0n) is 19.3. The summed E-state index contributed by atoms with van der Waals surface area (Å²) in [5.74, 6) is 1.15. The van der Waals surface area contributed by atoms with Crippen LogP contribution in [0.4, 0.5) is 0 Å². The van der Waals surface area contributed by atoms with Gasteiger partial charge in [-0.25, -0.2) is 0 Å². The van der Waals surface area contributed by atoms with Gasteiger partial charge in [-0.05, 0) is 47.4 Å². The predicted octanol–water partition coefficient (Wildman–Crippen LogP) is 4.15. The second-order valence-electron chi connectivity index (χ2n) is 7.70. The van der Waals surface area contributed by atoms with E-state index in [1.54, 1.807) is 19.1 Å². The van der Waals surface area contributed by atoms with E-state index in [-0.39, 0.29) is 11.8 Å². The third-order valence-electron chi connectivity index (χ3n) is 5.46. The van der Waals surface area contributed by atoms with Crippen molar-refractivity contribution in [2.45, 2.75) is 25.9 Å². The summed E-state index contributed by atoms with van der Waals surface area (Å²) < 4.78 is 10.4. The summed E-state index contributed by atoms with van der Waals surface area (Å²) in [5, 5.41) is 3.01. The van der Waals surface area contributed by atoms with Gasteiger partial charge in [-0.15, -0.1) is 0 Å². The smallest absolute Gasteiger partial charge is 0.247 e. The molecule has 0 radical (unpaired) electrons. The molecule has 0 bridgehead atoms. The number of carbonyl (C=O) groups is 2. The average Bonchev–Trinajstić information content (AvgIpc) is 2.85. The van der Waals surface area contributed by atoms with Crippen molar-refractivity contribution in [3.63, 3.8) is 0 Å². The third-order valence-corrected chi connectivity index (χ3v) is 5.46. The van der Waals surface area contributed by atoms with Crippen molar-refractivity contribution in [2.75, 3.05) is 20.8 Å². The van der Waals surface area contributed by atoms with Crippen LogP contribution in [0, 0.1) is 0 Å². The van der Waals surface area contributed by atoms with Crippen LogP contribution in [0.2, 0.25) is 0 Å². The van der Waals surface area contributed by atoms with Crippen LogP contribution in [0.3, 0.4) is 0 Å². The highest BCUT2D eigenvalue weighted by Crippen LogP contribution is 2.24. The molecule has 1 unspecified atom stereocenters. The van der Waals surface area contributed by atoms with Gasteiger partial charge in [0.1, 0.15) is 17.5 Å². The molecule has 0 heterocycles. The van der Waals surface area contributed by atoms with Crippen molar-refractivity contribution in [3.8, 4) is 11.5 Å². The van der Waals surface area contributed by atoms with E-state index < -0.39 is 6.04 Å². The fourth-order valence-corrected chi connectivity index (χ4v) is 3.64. The van der Waals surface area contributed by atoms with Crippen LogP contribution >= 0.6 is 0 Å². The van der Waals surface area contributed by atoms with Gasteiger partial charge in [-0.1, -0.05) is 54.6 Å². The SMILES string of the molecule is COc1ccc(CCNC(=O)C(c2ccccc2)N(Cc2ccc(OC)cc2)C(C)=O)cc1. The summed E-state index contributed by atoms with van der Waals surface area (Å²) in [6.45, 7) is 2.26. The van der Waals surface area contributed by atoms with Gasteiger partial charge in [0.2, 0.25) is 11.8 Å². The largest absolute Gasteiger partial charge is 0.497 e. The molecule has 0 spiro atoms. The lowest BCUT2D eigenvalue weighted by atomic mass is 10.0. The fraction of sp³-hybridized carbons (Fsp3) is 0.259. The number of benzene rings is 3. The monoisotopic (exact) mass is 446 g/mol. The molecule has 0 aliphatic heterocycles. The maximum absolute atomic E-state index is 13.3. The number of hydrogen-bond donors (Lipinski definition) is 1. The minimum Gasteiger partial charge on any atom is -0.497 e. The maximum Gasteiger partial charge on any atom is 0.247 e. The van der Waals surface area contributed by atoms with Gasteiger partial charge < -0.3 is 19.7 Å². The summed E-state index contributed by atoms with van der Waals surface area (Å²) in [7, 11) is 3.24. The quantitative estimate of drug-likeness (QED) is 0.508. The van der Waals surface area contributed by atoms with Crippen LogP contribution in [0.1, 0.15) is 29.7 Å². The first-order valence-electron chi connectivity index (χ1n) is 10.9. The van der Waals surface area contributed by atoms with Crippen LogP contribution in [-0.4, -0.2) is 37.5 Å². The van der Waals surface area contributed by atoms with E-state index in [1.807, 2.05) is 78.9 Å². The molecule has 1 N–H and O–H groups in total. The molecule has 33 heavy (non-hydrogen) atoms. The van der Waals surface area contributed by atoms with Crippen LogP contribution in [0.5, 0.6) is 11.5 Å². The Morgan fingerprint density at radius 2 is 1.36 bits per heavy atom. The number of nitrogens with one attached hydrogen (secondary N) is 1. The third kappa shape index (κ3) is 6.59. The Labute approximate surface area is 195 Å². The highest BCUT2D eigenvalue weighted by molar-refractivity contribution is 5.88. The molecule has 0 aliphatic carbocycles. The van der Waals surface area contributed by atoms with E-state index in [4.69, 9.17) is 9.47 Å². The van der Waals surface area contributed by atoms with Gasteiger partial charge in [0, 0.05) is 20.0 Å². The van der Waals surface area contributed by atoms with E-state index in [0.717, 1.165) is 28.2 Å². The van der Waals surface area contributed by atoms with Crippen molar-refractivity contribution < 1.29 is 19.1 Å². The van der Waals surface area contributed by atoms with Crippen molar-refractivity contribution in [3.05, 3.63) is 95.6 Å². The number of carbonyl (C=O) groups excluding carboxylic acids is 2. The Hall–Kier alpha value is -3.80. The Morgan fingerprint density at radius 3 is 1.88 bits per heavy atom. The van der Waals surface area contributed by atoms with Gasteiger partial charge in [0.15, 0.2) is 0 Å². The van der Waals surface area contributed by atoms with E-state index in [2.05, 4.69) is 5.32 Å². The molecule has 3 rings (SSSR count). The van der Waals surface area contributed by atoms with Crippen molar-refractivity contribution in [1.82, 2.24) is 10.2 Å². The minimum atomic E-state index is -0.735. The molecule has 1 atom stereocenters. The Morgan fingerprint density at radius 1 is 0.818 bits per heavy atom. The van der Waals surface area contributed by atoms with E-state index >= 15 is 0 Å². The Kier molecular flexibility index (Phi) is 8.47. The average molecular weight is 447 g/mol. The number of methoxy groups -OCH3 is 2. The van der Waals surface area contributed by atoms with Gasteiger partial charge in [0.25, 0.3) is 0 Å². The lowest BCUT2D eigenvalue weighted by Gasteiger charge is -2.30. The van der Waals surface area contributed by atoms with Gasteiger partial charge in [-0.2, -0.15) is 0 Å². The Bertz CT molecular complexity index is 1030. The number of amides is 2. The molecule has 2 amide bonds. The Balaban J connectivity index is 1.76. The lowest BCUT2D eigenvalue weighted by Crippen LogP contribution is -2.43. The van der Waals surface area contributed by atoms with E-state index in [0.29, 0.717) is 19.5 Å². The molecular formula is C27H30N2O4. The zero-order chi connectivity index (χ0) is 23.6. The lowest BCUT2D eigenvalue weighted by molar-refractivity contribution is -0.140. The van der Waals surface area contributed by atoms with Gasteiger partial charge in [0.05, 0.1) is 14.2 Å². The van der Waals surface area contributed by atoms with Gasteiger partial charge in [-0.3, -0.25) is 9.59 Å². The highest BCUT2D eigenvalue weighted by Gasteiger charge is 2.29. The molecule has 3 aromatic carbocycles. The molecule has 0 aromatic heterocycles. The van der Waals surface area contributed by atoms with Crippen molar-refractivity contribution in [1.29, 1.82) is 0 Å². The first kappa shape index (κ1) is 23.9. The summed E-state index contributed by atoms with van der Waals surface area (Å²) in [6.07, 6.45) is 0.676. The fourth-order valence-electron chi connectivity index (χ4n) is 3.64. The summed E-state index contributed by atoms with van der Waals surface area (Å²) >= 11 is 0. The summed E-state index contributed by atoms with van der Waals surface area (Å²) in [5.41, 5.74) is 2.77. The van der Waals surface area contributed by atoms with Gasteiger partial charge >= 0.3 is 0 Å². The molecule has 0 saturated heterocycles. The number of rotatable bonds is 10. The molecule has 172 valence electrons. The number of nitrogens with zero attached hydrogens (tertiary/aromatic N) is 1. The van der Waals surface area contributed by atoms with Crippen molar-refractivity contribution >= 4 is 11.8 Å². The van der Waals surface area contributed by atoms with E-state index in [1.165, 1.54) is 6.92 Å². The second-order valence-corrected chi connectivity index (χ2v) is 7.70.